The highest BCUT2D eigenvalue weighted by atomic mass is 32.2. The molecule has 0 bridgehead atoms. The Labute approximate surface area is 165 Å². The maximum atomic E-state index is 10.3. The number of para-hydroxylation sites is 1. The summed E-state index contributed by atoms with van der Waals surface area (Å²) in [5.41, 5.74) is 3.73. The van der Waals surface area contributed by atoms with Crippen molar-refractivity contribution in [2.75, 3.05) is 11.1 Å². The van der Waals surface area contributed by atoms with Crippen molar-refractivity contribution in [2.24, 2.45) is 0 Å². The molecule has 0 aliphatic rings. The Morgan fingerprint density at radius 3 is 2.41 bits per heavy atom. The van der Waals surface area contributed by atoms with Gasteiger partial charge in [0.25, 0.3) is 0 Å². The molecule has 3 nitrogen and oxygen atoms in total. The van der Waals surface area contributed by atoms with E-state index in [0.29, 0.717) is 6.04 Å². The predicted octanol–water partition coefficient (Wildman–Crippen LogP) is 6.44. The second-order valence-corrected chi connectivity index (χ2v) is 7.89. The molecule has 1 atom stereocenters. The van der Waals surface area contributed by atoms with Crippen LogP contribution in [0.5, 0.6) is 5.75 Å². The van der Waals surface area contributed by atoms with Gasteiger partial charge in [-0.1, -0.05) is 38.1 Å². The predicted molar refractivity (Wildman–Crippen MR) is 117 cm³/mol. The van der Waals surface area contributed by atoms with Crippen LogP contribution in [0, 0.1) is 0 Å². The molecular formula is C23H26N2OS. The van der Waals surface area contributed by atoms with E-state index in [0.717, 1.165) is 40.4 Å². The Bertz CT molecular complexity index is 893. The van der Waals surface area contributed by atoms with Crippen LogP contribution in [-0.4, -0.2) is 21.9 Å². The van der Waals surface area contributed by atoms with Crippen LogP contribution in [0.15, 0.2) is 65.6 Å². The maximum Gasteiger partial charge on any atom is 0.127 e. The molecule has 0 amide bonds. The van der Waals surface area contributed by atoms with Crippen LogP contribution in [0.1, 0.15) is 27.2 Å². The average Bonchev–Trinajstić information content (AvgIpc) is 2.69. The molecule has 1 aromatic heterocycles. The van der Waals surface area contributed by atoms with Gasteiger partial charge >= 0.3 is 0 Å². The van der Waals surface area contributed by atoms with Gasteiger partial charge in [0.2, 0.25) is 0 Å². The molecule has 2 N–H and O–H groups in total. The van der Waals surface area contributed by atoms with E-state index in [-0.39, 0.29) is 5.75 Å². The molecule has 140 valence electrons. The fourth-order valence-corrected chi connectivity index (χ4v) is 3.53. The number of rotatable bonds is 7. The monoisotopic (exact) mass is 378 g/mol. The van der Waals surface area contributed by atoms with E-state index < -0.39 is 0 Å². The Balaban J connectivity index is 2.05. The van der Waals surface area contributed by atoms with E-state index in [1.807, 2.05) is 36.0 Å². The topological polar surface area (TPSA) is 45.2 Å². The minimum absolute atomic E-state index is 0.242. The maximum absolute atomic E-state index is 10.3. The quantitative estimate of drug-likeness (QED) is 0.464. The number of hydrogen-bond donors (Lipinski definition) is 2. The van der Waals surface area contributed by atoms with Crippen molar-refractivity contribution in [1.29, 1.82) is 0 Å². The fourth-order valence-electron chi connectivity index (χ4n) is 2.86. The van der Waals surface area contributed by atoms with Gasteiger partial charge in [-0.05, 0) is 66.6 Å². The summed E-state index contributed by atoms with van der Waals surface area (Å²) < 4.78 is 0. The van der Waals surface area contributed by atoms with Gasteiger partial charge in [0.1, 0.15) is 11.6 Å². The van der Waals surface area contributed by atoms with Crippen LogP contribution < -0.4 is 5.32 Å². The molecule has 3 aromatic rings. The first-order valence-corrected chi connectivity index (χ1v) is 10.4. The summed E-state index contributed by atoms with van der Waals surface area (Å²) in [6.07, 6.45) is 1.01. The minimum Gasteiger partial charge on any atom is -0.507 e. The molecule has 27 heavy (non-hydrogen) atoms. The molecule has 4 heteroatoms. The van der Waals surface area contributed by atoms with Crippen LogP contribution in [0.2, 0.25) is 0 Å². The number of anilines is 1. The summed E-state index contributed by atoms with van der Waals surface area (Å²) in [5, 5.41) is 13.7. The number of aromatic nitrogens is 1. The summed E-state index contributed by atoms with van der Waals surface area (Å²) in [5.74, 6) is 2.13. The zero-order valence-electron chi connectivity index (χ0n) is 16.1. The van der Waals surface area contributed by atoms with E-state index in [4.69, 9.17) is 4.98 Å². The van der Waals surface area contributed by atoms with Gasteiger partial charge in [0.05, 0.1) is 5.69 Å². The van der Waals surface area contributed by atoms with Crippen LogP contribution in [-0.2, 0) is 0 Å². The third-order valence-electron chi connectivity index (χ3n) is 4.51. The molecule has 1 heterocycles. The van der Waals surface area contributed by atoms with Crippen molar-refractivity contribution in [3.8, 4) is 28.1 Å². The highest BCUT2D eigenvalue weighted by Gasteiger charge is 2.11. The molecule has 3 rings (SSSR count). The number of hydrogen-bond acceptors (Lipinski definition) is 4. The lowest BCUT2D eigenvalue weighted by molar-refractivity contribution is 0.477. The van der Waals surface area contributed by atoms with Gasteiger partial charge in [-0.3, -0.25) is 0 Å². The Morgan fingerprint density at radius 1 is 1.00 bits per heavy atom. The largest absolute Gasteiger partial charge is 0.507 e. The highest BCUT2D eigenvalue weighted by Crippen LogP contribution is 2.33. The number of benzene rings is 2. The molecule has 2 aromatic carbocycles. The van der Waals surface area contributed by atoms with Crippen LogP contribution in [0.3, 0.4) is 0 Å². The van der Waals surface area contributed by atoms with Crippen molar-refractivity contribution in [3.63, 3.8) is 0 Å². The van der Waals surface area contributed by atoms with Gasteiger partial charge in [-0.25, -0.2) is 4.98 Å². The third kappa shape index (κ3) is 4.83. The van der Waals surface area contributed by atoms with Gasteiger partial charge in [0, 0.05) is 16.5 Å². The van der Waals surface area contributed by atoms with E-state index >= 15 is 0 Å². The summed E-state index contributed by atoms with van der Waals surface area (Å²) in [7, 11) is 0. The van der Waals surface area contributed by atoms with Crippen LogP contribution in [0.25, 0.3) is 22.4 Å². The van der Waals surface area contributed by atoms with Crippen LogP contribution in [0.4, 0.5) is 5.82 Å². The molecular weight excluding hydrogens is 352 g/mol. The molecule has 0 fully saturated rings. The van der Waals surface area contributed by atoms with Crippen molar-refractivity contribution in [2.45, 2.75) is 38.1 Å². The minimum atomic E-state index is 0.242. The molecule has 0 aliphatic carbocycles. The zero-order chi connectivity index (χ0) is 19.2. The lowest BCUT2D eigenvalue weighted by Crippen LogP contribution is -2.14. The lowest BCUT2D eigenvalue weighted by atomic mass is 10.0. The van der Waals surface area contributed by atoms with Crippen molar-refractivity contribution < 1.29 is 5.11 Å². The Kier molecular flexibility index (Phi) is 6.40. The van der Waals surface area contributed by atoms with Gasteiger partial charge in [0.15, 0.2) is 0 Å². The SMILES string of the molecule is CCSc1ccc(-c2cc(NC(C)CC)nc(-c3ccccc3O)c2)cc1. The van der Waals surface area contributed by atoms with E-state index in [9.17, 15) is 5.11 Å². The lowest BCUT2D eigenvalue weighted by Gasteiger charge is -2.15. The summed E-state index contributed by atoms with van der Waals surface area (Å²) >= 11 is 1.84. The molecule has 0 saturated carbocycles. The number of nitrogens with zero attached hydrogens (tertiary/aromatic N) is 1. The van der Waals surface area contributed by atoms with E-state index in [1.54, 1.807) is 6.07 Å². The standard InChI is InChI=1S/C23H26N2OS/c1-4-16(3)24-23-15-18(17-10-12-19(13-11-17)27-5-2)14-21(25-23)20-8-6-7-9-22(20)26/h6-16,26H,4-5H2,1-3H3,(H,24,25). The summed E-state index contributed by atoms with van der Waals surface area (Å²) in [6.45, 7) is 6.45. The van der Waals surface area contributed by atoms with E-state index in [1.165, 1.54) is 4.90 Å². The molecule has 0 aliphatic heterocycles. The molecule has 0 radical (unpaired) electrons. The Hall–Kier alpha value is -2.46. The number of nitrogens with one attached hydrogen (secondary N) is 1. The number of aromatic hydroxyl groups is 1. The molecule has 0 spiro atoms. The van der Waals surface area contributed by atoms with Gasteiger partial charge in [-0.2, -0.15) is 0 Å². The Morgan fingerprint density at radius 2 is 1.74 bits per heavy atom. The number of phenols is 1. The first-order valence-electron chi connectivity index (χ1n) is 9.41. The summed E-state index contributed by atoms with van der Waals surface area (Å²) in [4.78, 5) is 6.02. The first kappa shape index (κ1) is 19.3. The first-order chi connectivity index (χ1) is 13.1. The average molecular weight is 379 g/mol. The second kappa shape index (κ2) is 8.96. The van der Waals surface area contributed by atoms with E-state index in [2.05, 4.69) is 56.4 Å². The van der Waals surface area contributed by atoms with Gasteiger partial charge in [-0.15, -0.1) is 11.8 Å². The van der Waals surface area contributed by atoms with Crippen molar-refractivity contribution >= 4 is 17.6 Å². The number of phenolic OH excluding ortho intramolecular Hbond substituents is 1. The zero-order valence-corrected chi connectivity index (χ0v) is 16.9. The highest BCUT2D eigenvalue weighted by molar-refractivity contribution is 7.99. The summed E-state index contributed by atoms with van der Waals surface area (Å²) in [6, 6.07) is 20.4. The van der Waals surface area contributed by atoms with Gasteiger partial charge < -0.3 is 10.4 Å². The number of thioether (sulfide) groups is 1. The van der Waals surface area contributed by atoms with Crippen LogP contribution >= 0.6 is 11.8 Å². The smallest absolute Gasteiger partial charge is 0.127 e. The number of pyridine rings is 1. The second-order valence-electron chi connectivity index (χ2n) is 6.55. The molecule has 0 saturated heterocycles. The van der Waals surface area contributed by atoms with Crippen molar-refractivity contribution in [1.82, 2.24) is 4.98 Å². The van der Waals surface area contributed by atoms with Crippen molar-refractivity contribution in [3.05, 3.63) is 60.7 Å². The normalized spacial score (nSPS) is 12.0. The molecule has 1 unspecified atom stereocenters. The fraction of sp³-hybridized carbons (Fsp3) is 0.261. The third-order valence-corrected chi connectivity index (χ3v) is 5.40.